The first-order valence-electron chi connectivity index (χ1n) is 7.47. The zero-order valence-corrected chi connectivity index (χ0v) is 12.0. The Labute approximate surface area is 120 Å². The summed E-state index contributed by atoms with van der Waals surface area (Å²) in [6.07, 6.45) is 2.48. The molecule has 1 aromatic carbocycles. The summed E-state index contributed by atoms with van der Waals surface area (Å²) in [6.45, 7) is 4.53. The maximum atomic E-state index is 6.13. The molecule has 1 heterocycles. The molecule has 0 radical (unpaired) electrons. The van der Waals surface area contributed by atoms with Gasteiger partial charge in [-0.3, -0.25) is 0 Å². The van der Waals surface area contributed by atoms with Crippen LogP contribution in [0.5, 0.6) is 0 Å². The van der Waals surface area contributed by atoms with Crippen LogP contribution in [-0.4, -0.2) is 42.7 Å². The van der Waals surface area contributed by atoms with E-state index in [9.17, 15) is 0 Å². The third-order valence-corrected chi connectivity index (χ3v) is 4.26. The van der Waals surface area contributed by atoms with Gasteiger partial charge in [-0.05, 0) is 31.2 Å². The van der Waals surface area contributed by atoms with Crippen LogP contribution < -0.4 is 5.73 Å². The van der Waals surface area contributed by atoms with Gasteiger partial charge in [-0.15, -0.1) is 0 Å². The molecule has 1 aliphatic heterocycles. The fourth-order valence-corrected chi connectivity index (χ4v) is 2.99. The van der Waals surface area contributed by atoms with Crippen LogP contribution in [-0.2, 0) is 4.74 Å². The standard InChI is InChI=1S/C16H23N3O/c1-12-11-19(7-8-20-12)16(17)18-15-9-14(10-15)13-5-3-2-4-6-13/h2-6,12,14-15H,7-11H2,1H3,(H2,17,18). The molecule has 108 valence electrons. The van der Waals surface area contributed by atoms with Crippen molar-refractivity contribution in [1.82, 2.24) is 4.90 Å². The Balaban J connectivity index is 1.53. The number of nitrogens with zero attached hydrogens (tertiary/aromatic N) is 2. The van der Waals surface area contributed by atoms with E-state index in [2.05, 4.69) is 47.1 Å². The molecule has 0 amide bonds. The first kappa shape index (κ1) is 13.4. The SMILES string of the molecule is CC1CN(C(N)=NC2CC(c3ccccc3)C2)CCO1. The third kappa shape index (κ3) is 2.96. The maximum Gasteiger partial charge on any atom is 0.191 e. The predicted molar refractivity (Wildman–Crippen MR) is 80.8 cm³/mol. The van der Waals surface area contributed by atoms with Gasteiger partial charge in [0.1, 0.15) is 0 Å². The third-order valence-electron chi connectivity index (χ3n) is 4.26. The molecule has 0 aromatic heterocycles. The average molecular weight is 273 g/mol. The van der Waals surface area contributed by atoms with Crippen LogP contribution in [0.25, 0.3) is 0 Å². The molecule has 0 bridgehead atoms. The van der Waals surface area contributed by atoms with Crippen LogP contribution >= 0.6 is 0 Å². The van der Waals surface area contributed by atoms with Gasteiger partial charge in [0.2, 0.25) is 0 Å². The molecule has 2 aliphatic rings. The smallest absolute Gasteiger partial charge is 0.191 e. The van der Waals surface area contributed by atoms with Gasteiger partial charge in [-0.1, -0.05) is 30.3 Å². The molecule has 2 fully saturated rings. The Bertz CT molecular complexity index is 468. The van der Waals surface area contributed by atoms with E-state index in [1.54, 1.807) is 0 Å². The number of rotatable bonds is 2. The van der Waals surface area contributed by atoms with E-state index in [1.165, 1.54) is 5.56 Å². The molecule has 1 saturated heterocycles. The monoisotopic (exact) mass is 273 g/mol. The van der Waals surface area contributed by atoms with Gasteiger partial charge in [0.05, 0.1) is 18.8 Å². The van der Waals surface area contributed by atoms with Gasteiger partial charge < -0.3 is 15.4 Å². The molecule has 1 unspecified atom stereocenters. The maximum absolute atomic E-state index is 6.13. The number of hydrogen-bond donors (Lipinski definition) is 1. The first-order valence-corrected chi connectivity index (χ1v) is 7.47. The molecule has 1 aromatic rings. The minimum Gasteiger partial charge on any atom is -0.375 e. The van der Waals surface area contributed by atoms with Gasteiger partial charge >= 0.3 is 0 Å². The van der Waals surface area contributed by atoms with Crippen molar-refractivity contribution in [3.63, 3.8) is 0 Å². The van der Waals surface area contributed by atoms with E-state index in [1.807, 2.05) is 0 Å². The molecule has 1 saturated carbocycles. The van der Waals surface area contributed by atoms with Crippen LogP contribution in [0, 0.1) is 0 Å². The van der Waals surface area contributed by atoms with Crippen molar-refractivity contribution in [3.05, 3.63) is 35.9 Å². The zero-order valence-electron chi connectivity index (χ0n) is 12.0. The predicted octanol–water partition coefficient (Wildman–Crippen LogP) is 1.97. The van der Waals surface area contributed by atoms with E-state index in [0.717, 1.165) is 32.5 Å². The number of guanidine groups is 1. The van der Waals surface area contributed by atoms with Crippen molar-refractivity contribution in [2.24, 2.45) is 10.7 Å². The molecule has 1 aliphatic carbocycles. The van der Waals surface area contributed by atoms with Crippen molar-refractivity contribution in [2.45, 2.75) is 37.8 Å². The second kappa shape index (κ2) is 5.83. The highest BCUT2D eigenvalue weighted by Gasteiger charge is 2.30. The summed E-state index contributed by atoms with van der Waals surface area (Å²) in [5, 5.41) is 0. The Hall–Kier alpha value is -1.55. The molecule has 2 N–H and O–H groups in total. The number of morpholine rings is 1. The van der Waals surface area contributed by atoms with Gasteiger partial charge in [0.25, 0.3) is 0 Å². The fourth-order valence-electron chi connectivity index (χ4n) is 2.99. The van der Waals surface area contributed by atoms with Gasteiger partial charge in [0, 0.05) is 13.1 Å². The van der Waals surface area contributed by atoms with E-state index >= 15 is 0 Å². The molecule has 3 rings (SSSR count). The lowest BCUT2D eigenvalue weighted by molar-refractivity contribution is 0.00512. The summed E-state index contributed by atoms with van der Waals surface area (Å²) in [7, 11) is 0. The summed E-state index contributed by atoms with van der Waals surface area (Å²) in [5.41, 5.74) is 7.55. The van der Waals surface area contributed by atoms with E-state index < -0.39 is 0 Å². The quantitative estimate of drug-likeness (QED) is 0.662. The summed E-state index contributed by atoms with van der Waals surface area (Å²) in [5.74, 6) is 1.35. The zero-order chi connectivity index (χ0) is 13.9. The van der Waals surface area contributed by atoms with E-state index in [4.69, 9.17) is 10.5 Å². The average Bonchev–Trinajstić information content (AvgIpc) is 2.43. The number of nitrogens with two attached hydrogens (primary N) is 1. The van der Waals surface area contributed by atoms with Crippen LogP contribution in [0.1, 0.15) is 31.2 Å². The lowest BCUT2D eigenvalue weighted by Gasteiger charge is -2.36. The fraction of sp³-hybridized carbons (Fsp3) is 0.562. The molecular formula is C16H23N3O. The van der Waals surface area contributed by atoms with Crippen molar-refractivity contribution in [2.75, 3.05) is 19.7 Å². The number of aliphatic imine (C=N–C) groups is 1. The Morgan fingerprint density at radius 2 is 2.05 bits per heavy atom. The summed E-state index contributed by atoms with van der Waals surface area (Å²) in [4.78, 5) is 6.82. The highest BCUT2D eigenvalue weighted by molar-refractivity contribution is 5.78. The molecule has 20 heavy (non-hydrogen) atoms. The second-order valence-corrected chi connectivity index (χ2v) is 5.85. The molecule has 1 atom stereocenters. The summed E-state index contributed by atoms with van der Waals surface area (Å²) < 4.78 is 5.53. The minimum absolute atomic E-state index is 0.246. The molecule has 4 heteroatoms. The van der Waals surface area contributed by atoms with Crippen molar-refractivity contribution in [1.29, 1.82) is 0 Å². The normalized spacial score (nSPS) is 30.9. The lowest BCUT2D eigenvalue weighted by Crippen LogP contribution is -2.48. The largest absolute Gasteiger partial charge is 0.375 e. The number of hydrogen-bond acceptors (Lipinski definition) is 2. The van der Waals surface area contributed by atoms with Crippen molar-refractivity contribution < 1.29 is 4.74 Å². The number of benzene rings is 1. The first-order chi connectivity index (χ1) is 9.72. The molecule has 4 nitrogen and oxygen atoms in total. The van der Waals surface area contributed by atoms with Crippen LogP contribution in [0.2, 0.25) is 0 Å². The Morgan fingerprint density at radius 3 is 2.75 bits per heavy atom. The summed E-state index contributed by atoms with van der Waals surface area (Å²) in [6, 6.07) is 11.1. The van der Waals surface area contributed by atoms with Crippen molar-refractivity contribution >= 4 is 5.96 Å². The second-order valence-electron chi connectivity index (χ2n) is 5.85. The van der Waals surface area contributed by atoms with Gasteiger partial charge in [0.15, 0.2) is 5.96 Å². The molecular weight excluding hydrogens is 250 g/mol. The lowest BCUT2D eigenvalue weighted by atomic mass is 9.76. The Morgan fingerprint density at radius 1 is 1.30 bits per heavy atom. The van der Waals surface area contributed by atoms with Crippen LogP contribution in [0.15, 0.2) is 35.3 Å². The van der Waals surface area contributed by atoms with Crippen LogP contribution in [0.4, 0.5) is 0 Å². The van der Waals surface area contributed by atoms with Crippen LogP contribution in [0.3, 0.4) is 0 Å². The molecule has 0 spiro atoms. The minimum atomic E-state index is 0.246. The van der Waals surface area contributed by atoms with E-state index in [-0.39, 0.29) is 6.10 Å². The highest BCUT2D eigenvalue weighted by Crippen LogP contribution is 2.38. The number of ether oxygens (including phenoxy) is 1. The van der Waals surface area contributed by atoms with Gasteiger partial charge in [-0.2, -0.15) is 0 Å². The van der Waals surface area contributed by atoms with Crippen molar-refractivity contribution in [3.8, 4) is 0 Å². The Kier molecular flexibility index (Phi) is 3.92. The van der Waals surface area contributed by atoms with Gasteiger partial charge in [-0.25, -0.2) is 4.99 Å². The topological polar surface area (TPSA) is 50.8 Å². The summed E-state index contributed by atoms with van der Waals surface area (Å²) >= 11 is 0. The van der Waals surface area contributed by atoms with E-state index in [0.29, 0.717) is 17.9 Å². The highest BCUT2D eigenvalue weighted by atomic mass is 16.5.